The molecule has 13 nitrogen and oxygen atoms in total. The van der Waals surface area contributed by atoms with Crippen molar-refractivity contribution in [3.8, 4) is 17.0 Å². The quantitative estimate of drug-likeness (QED) is 0.222. The lowest BCUT2D eigenvalue weighted by atomic mass is 10.1. The molecule has 0 radical (unpaired) electrons. The standard InChI is InChI=1S/C27H29ClFN7O6/c1-14(25(39)32-21(11-37)15-5-17(29)8-18(6-15)41-2)35-13-31-36-10-16(7-22(36)26(35)40)24-19(28)9-30-27(34-24)33-20-3-4-42-12-23(20)38/h5-10,13-14,20-21,23,37-38H,3-4,11-12H2,1-2H3,(H,32,39)(H,30,33,34)/t14?,20-,21-,23-/m1/s1. The molecule has 3 aromatic heterocycles. The molecule has 0 spiro atoms. The summed E-state index contributed by atoms with van der Waals surface area (Å²) in [5, 5.41) is 30.3. The summed E-state index contributed by atoms with van der Waals surface area (Å²) >= 11 is 6.39. The SMILES string of the molecule is COc1cc(F)cc([C@@H](CO)NC(=O)C(C)n2cnn3cc(-c4nc(N[C@@H]5CCOC[C@H]5O)ncc4Cl)cc3c2=O)c1. The molecule has 15 heteroatoms. The van der Waals surface area contributed by atoms with E-state index in [4.69, 9.17) is 21.1 Å². The molecule has 1 unspecified atom stereocenters. The molecule has 1 aliphatic rings. The molecular formula is C27H29ClFN7O6. The van der Waals surface area contributed by atoms with E-state index in [2.05, 4.69) is 25.7 Å². The minimum atomic E-state index is -1.03. The minimum absolute atomic E-state index is 0.157. The number of aliphatic hydroxyl groups excluding tert-OH is 2. The number of aliphatic hydroxyl groups is 2. The van der Waals surface area contributed by atoms with Crippen molar-refractivity contribution in [1.82, 2.24) is 29.5 Å². The number of methoxy groups -OCH3 is 1. The number of fused-ring (bicyclic) bond motifs is 1. The van der Waals surface area contributed by atoms with E-state index in [1.54, 1.807) is 12.3 Å². The Labute approximate surface area is 243 Å². The molecule has 222 valence electrons. The van der Waals surface area contributed by atoms with Crippen molar-refractivity contribution in [2.45, 2.75) is 37.6 Å². The molecule has 5 rings (SSSR count). The Balaban J connectivity index is 1.39. The Bertz CT molecular complexity index is 1660. The first-order valence-electron chi connectivity index (χ1n) is 13.1. The van der Waals surface area contributed by atoms with Gasteiger partial charge in [0.15, 0.2) is 0 Å². The minimum Gasteiger partial charge on any atom is -0.497 e. The van der Waals surface area contributed by atoms with E-state index in [1.807, 2.05) is 0 Å². The first kappa shape index (κ1) is 29.4. The summed E-state index contributed by atoms with van der Waals surface area (Å²) < 4.78 is 26.8. The molecule has 42 heavy (non-hydrogen) atoms. The van der Waals surface area contributed by atoms with Crippen molar-refractivity contribution < 1.29 is 28.9 Å². The number of halogens is 2. The highest BCUT2D eigenvalue weighted by Gasteiger charge is 2.26. The summed E-state index contributed by atoms with van der Waals surface area (Å²) in [5.41, 5.74) is 0.770. The zero-order chi connectivity index (χ0) is 30.0. The van der Waals surface area contributed by atoms with Crippen molar-refractivity contribution in [3.63, 3.8) is 0 Å². The lowest BCUT2D eigenvalue weighted by Crippen LogP contribution is -2.42. The van der Waals surface area contributed by atoms with Crippen LogP contribution in [0.25, 0.3) is 16.8 Å². The van der Waals surface area contributed by atoms with E-state index in [0.29, 0.717) is 29.8 Å². The average Bonchev–Trinajstić information content (AvgIpc) is 3.42. The Morgan fingerprint density at radius 3 is 2.88 bits per heavy atom. The van der Waals surface area contributed by atoms with Crippen molar-refractivity contribution in [2.24, 2.45) is 0 Å². The van der Waals surface area contributed by atoms with Crippen LogP contribution in [0.1, 0.15) is 31.0 Å². The highest BCUT2D eigenvalue weighted by atomic mass is 35.5. The highest BCUT2D eigenvalue weighted by Crippen LogP contribution is 2.28. The number of anilines is 1. The van der Waals surface area contributed by atoms with Gasteiger partial charge in [-0.2, -0.15) is 5.10 Å². The van der Waals surface area contributed by atoms with Crippen LogP contribution in [0.5, 0.6) is 5.75 Å². The molecule has 4 aromatic rings. The number of nitrogens with zero attached hydrogens (tertiary/aromatic N) is 5. The average molecular weight is 602 g/mol. The predicted octanol–water partition coefficient (Wildman–Crippen LogP) is 1.73. The van der Waals surface area contributed by atoms with Crippen molar-refractivity contribution in [1.29, 1.82) is 0 Å². The Morgan fingerprint density at radius 2 is 2.14 bits per heavy atom. The van der Waals surface area contributed by atoms with Gasteiger partial charge in [-0.25, -0.2) is 18.9 Å². The van der Waals surface area contributed by atoms with Gasteiger partial charge in [0.25, 0.3) is 5.56 Å². The van der Waals surface area contributed by atoms with Gasteiger partial charge in [0.1, 0.15) is 29.5 Å². The predicted molar refractivity (Wildman–Crippen MR) is 150 cm³/mol. The van der Waals surface area contributed by atoms with E-state index >= 15 is 0 Å². The summed E-state index contributed by atoms with van der Waals surface area (Å²) in [5.74, 6) is -0.704. The summed E-state index contributed by atoms with van der Waals surface area (Å²) in [4.78, 5) is 35.2. The molecule has 0 aliphatic carbocycles. The number of benzene rings is 1. The van der Waals surface area contributed by atoms with E-state index in [9.17, 15) is 24.2 Å². The molecule has 0 bridgehead atoms. The molecule has 1 saturated heterocycles. The van der Waals surface area contributed by atoms with Gasteiger partial charge in [-0.3, -0.25) is 14.2 Å². The molecular weight excluding hydrogens is 573 g/mol. The van der Waals surface area contributed by atoms with Gasteiger partial charge in [0, 0.05) is 24.4 Å². The van der Waals surface area contributed by atoms with Gasteiger partial charge in [0.2, 0.25) is 11.9 Å². The van der Waals surface area contributed by atoms with Gasteiger partial charge in [-0.1, -0.05) is 11.6 Å². The lowest BCUT2D eigenvalue weighted by Gasteiger charge is -2.28. The van der Waals surface area contributed by atoms with Gasteiger partial charge >= 0.3 is 0 Å². The van der Waals surface area contributed by atoms with E-state index in [1.165, 1.54) is 49.3 Å². The zero-order valence-corrected chi connectivity index (χ0v) is 23.5. The molecule has 4 heterocycles. The number of aromatic nitrogens is 5. The van der Waals surface area contributed by atoms with Crippen LogP contribution < -0.4 is 20.9 Å². The summed E-state index contributed by atoms with van der Waals surface area (Å²) in [7, 11) is 1.38. The molecule has 1 aromatic carbocycles. The summed E-state index contributed by atoms with van der Waals surface area (Å²) in [6.07, 6.45) is 4.08. The topological polar surface area (TPSA) is 165 Å². The lowest BCUT2D eigenvalue weighted by molar-refractivity contribution is -0.125. The van der Waals surface area contributed by atoms with Gasteiger partial charge in [0.05, 0.1) is 55.4 Å². The maximum Gasteiger partial charge on any atom is 0.278 e. The largest absolute Gasteiger partial charge is 0.497 e. The number of nitrogens with one attached hydrogen (secondary N) is 2. The third kappa shape index (κ3) is 6.06. The number of rotatable bonds is 9. The van der Waals surface area contributed by atoms with Crippen LogP contribution in [0.4, 0.5) is 10.3 Å². The van der Waals surface area contributed by atoms with E-state index < -0.39 is 42.1 Å². The number of carbonyl (C=O) groups excluding carboxylic acids is 1. The molecule has 1 amide bonds. The first-order valence-corrected chi connectivity index (χ1v) is 13.5. The van der Waals surface area contributed by atoms with Crippen molar-refractivity contribution in [3.05, 3.63) is 69.7 Å². The van der Waals surface area contributed by atoms with Gasteiger partial charge < -0.3 is 30.3 Å². The monoisotopic (exact) mass is 601 g/mol. The van der Waals surface area contributed by atoms with Crippen LogP contribution in [0.15, 0.2) is 47.8 Å². The van der Waals surface area contributed by atoms with Crippen LogP contribution in [0.2, 0.25) is 5.02 Å². The molecule has 4 atom stereocenters. The third-order valence-corrected chi connectivity index (χ3v) is 7.32. The fourth-order valence-corrected chi connectivity index (χ4v) is 4.86. The number of hydrogen-bond acceptors (Lipinski definition) is 10. The van der Waals surface area contributed by atoms with E-state index in [-0.39, 0.29) is 34.9 Å². The summed E-state index contributed by atoms with van der Waals surface area (Å²) in [6, 6.07) is 3.15. The molecule has 0 saturated carbocycles. The second kappa shape index (κ2) is 12.4. The number of ether oxygens (including phenoxy) is 2. The van der Waals surface area contributed by atoms with Crippen molar-refractivity contribution in [2.75, 3.05) is 32.2 Å². The van der Waals surface area contributed by atoms with Crippen LogP contribution >= 0.6 is 11.6 Å². The third-order valence-electron chi connectivity index (χ3n) is 7.04. The Morgan fingerprint density at radius 1 is 1.33 bits per heavy atom. The molecule has 1 fully saturated rings. The number of hydrogen-bond donors (Lipinski definition) is 4. The molecule has 4 N–H and O–H groups in total. The van der Waals surface area contributed by atoms with Crippen molar-refractivity contribution >= 4 is 29.0 Å². The van der Waals surface area contributed by atoms with E-state index in [0.717, 1.165) is 4.57 Å². The second-order valence-corrected chi connectivity index (χ2v) is 10.2. The Kier molecular flexibility index (Phi) is 8.68. The van der Waals surface area contributed by atoms with Gasteiger partial charge in [-0.05, 0) is 37.1 Å². The van der Waals surface area contributed by atoms with Crippen LogP contribution in [0.3, 0.4) is 0 Å². The van der Waals surface area contributed by atoms with Gasteiger partial charge in [-0.15, -0.1) is 0 Å². The Hall–Kier alpha value is -4.11. The fourth-order valence-electron chi connectivity index (χ4n) is 4.66. The molecule has 1 aliphatic heterocycles. The summed E-state index contributed by atoms with van der Waals surface area (Å²) in [6.45, 7) is 1.69. The number of carbonyl (C=O) groups is 1. The first-order chi connectivity index (χ1) is 20.2. The second-order valence-electron chi connectivity index (χ2n) is 9.82. The maximum atomic E-state index is 14.0. The normalized spacial score (nSPS) is 18.4. The van der Waals surface area contributed by atoms with Crippen LogP contribution in [-0.2, 0) is 9.53 Å². The zero-order valence-electron chi connectivity index (χ0n) is 22.7. The smallest absolute Gasteiger partial charge is 0.278 e. The number of amides is 1. The maximum absolute atomic E-state index is 14.0. The fraction of sp³-hybridized carbons (Fsp3) is 0.370. The highest BCUT2D eigenvalue weighted by molar-refractivity contribution is 6.32. The van der Waals surface area contributed by atoms with Crippen LogP contribution in [-0.4, -0.2) is 79.3 Å². The van der Waals surface area contributed by atoms with Crippen LogP contribution in [0, 0.1) is 5.82 Å².